The Balaban J connectivity index is 4.31. The standard InChI is InChI=1S/C48H87NO7/c1-6-8-10-12-14-16-18-20-22-23-25-26-28-30-32-34-36-38-46(50)55-43-44(42-54-41-40-45(48(52)53)49(3,4)5)56-47(51)39-37-35-33-31-29-27-24-21-19-17-15-13-11-9-7-2/h9,11,15,17,21,24,44-45H,6-8,10,12-14,16,18-20,22-23,25-43H2,1-5H3/b11-9-,17-15-,24-21-. The Hall–Kier alpha value is -2.45. The topological polar surface area (TPSA) is 102 Å². The van der Waals surface area contributed by atoms with E-state index in [1.807, 2.05) is 0 Å². The van der Waals surface area contributed by atoms with Crippen molar-refractivity contribution in [1.29, 1.82) is 0 Å². The molecule has 0 rings (SSSR count). The van der Waals surface area contributed by atoms with E-state index in [-0.39, 0.29) is 42.7 Å². The molecule has 0 amide bonds. The third-order valence-corrected chi connectivity index (χ3v) is 10.3. The van der Waals surface area contributed by atoms with Crippen molar-refractivity contribution in [3.05, 3.63) is 36.5 Å². The Bertz CT molecular complexity index is 1020. The van der Waals surface area contributed by atoms with Crippen molar-refractivity contribution in [3.63, 3.8) is 0 Å². The van der Waals surface area contributed by atoms with E-state index in [1.165, 1.54) is 89.9 Å². The van der Waals surface area contributed by atoms with Crippen LogP contribution in [0, 0.1) is 0 Å². The van der Waals surface area contributed by atoms with E-state index in [9.17, 15) is 19.5 Å². The van der Waals surface area contributed by atoms with Crippen LogP contribution in [-0.2, 0) is 28.6 Å². The minimum atomic E-state index is -1.13. The van der Waals surface area contributed by atoms with Crippen LogP contribution in [0.25, 0.3) is 0 Å². The molecule has 0 N–H and O–H groups in total. The molecule has 0 aliphatic rings. The number of unbranched alkanes of at least 4 members (excludes halogenated alkanes) is 21. The minimum Gasteiger partial charge on any atom is -0.544 e. The Morgan fingerprint density at radius 3 is 1.48 bits per heavy atom. The van der Waals surface area contributed by atoms with Crippen LogP contribution in [0.3, 0.4) is 0 Å². The number of nitrogens with zero attached hydrogens (tertiary/aromatic N) is 1. The summed E-state index contributed by atoms with van der Waals surface area (Å²) in [6, 6.07) is -0.727. The summed E-state index contributed by atoms with van der Waals surface area (Å²) >= 11 is 0. The predicted molar refractivity (Wildman–Crippen MR) is 231 cm³/mol. The fourth-order valence-corrected chi connectivity index (χ4v) is 6.73. The van der Waals surface area contributed by atoms with Gasteiger partial charge in [-0.2, -0.15) is 0 Å². The fourth-order valence-electron chi connectivity index (χ4n) is 6.73. The number of ether oxygens (including phenoxy) is 3. The average Bonchev–Trinajstić information content (AvgIpc) is 3.15. The Kier molecular flexibility index (Phi) is 37.7. The number of esters is 2. The second-order valence-electron chi connectivity index (χ2n) is 16.6. The van der Waals surface area contributed by atoms with Crippen LogP contribution in [0.2, 0.25) is 0 Å². The van der Waals surface area contributed by atoms with Crippen molar-refractivity contribution >= 4 is 17.9 Å². The molecule has 2 unspecified atom stereocenters. The lowest BCUT2D eigenvalue weighted by molar-refractivity contribution is -0.889. The molecule has 0 fully saturated rings. The summed E-state index contributed by atoms with van der Waals surface area (Å²) in [5, 5.41) is 11.6. The van der Waals surface area contributed by atoms with Crippen molar-refractivity contribution in [1.82, 2.24) is 0 Å². The highest BCUT2D eigenvalue weighted by Crippen LogP contribution is 2.15. The predicted octanol–water partition coefficient (Wildman–Crippen LogP) is 11.3. The lowest BCUT2D eigenvalue weighted by Crippen LogP contribution is -2.55. The zero-order valence-corrected chi connectivity index (χ0v) is 37.1. The van der Waals surface area contributed by atoms with Crippen molar-refractivity contribution in [2.75, 3.05) is 41.0 Å². The highest BCUT2D eigenvalue weighted by Gasteiger charge is 2.25. The fraction of sp³-hybridized carbons (Fsp3) is 0.812. The molecule has 56 heavy (non-hydrogen) atoms. The average molecular weight is 790 g/mol. The van der Waals surface area contributed by atoms with Gasteiger partial charge in [0.2, 0.25) is 0 Å². The number of aliphatic carboxylic acids is 1. The summed E-state index contributed by atoms with van der Waals surface area (Å²) in [5.41, 5.74) is 0. The second kappa shape index (κ2) is 39.4. The van der Waals surface area contributed by atoms with Gasteiger partial charge in [0.1, 0.15) is 12.6 Å². The minimum absolute atomic E-state index is 0.0360. The van der Waals surface area contributed by atoms with E-state index in [1.54, 1.807) is 21.1 Å². The molecule has 0 bridgehead atoms. The van der Waals surface area contributed by atoms with Gasteiger partial charge >= 0.3 is 11.9 Å². The Morgan fingerprint density at radius 2 is 1.00 bits per heavy atom. The molecular formula is C48H87NO7. The van der Waals surface area contributed by atoms with Gasteiger partial charge in [-0.25, -0.2) is 0 Å². The molecule has 0 aromatic rings. The maximum atomic E-state index is 12.7. The third kappa shape index (κ3) is 37.1. The van der Waals surface area contributed by atoms with Crippen LogP contribution in [0.5, 0.6) is 0 Å². The van der Waals surface area contributed by atoms with Gasteiger partial charge in [0.05, 0.1) is 40.3 Å². The smallest absolute Gasteiger partial charge is 0.306 e. The number of likely N-dealkylation sites (N-methyl/N-ethyl adjacent to an activating group) is 1. The van der Waals surface area contributed by atoms with Gasteiger partial charge < -0.3 is 28.6 Å². The molecule has 0 spiro atoms. The SMILES string of the molecule is CC/C=C\C/C=C\C/C=C\CCCCCCCC(=O)OC(COCCC(C(=O)[O-])[N+](C)(C)C)COC(=O)CCCCCCCCCCCCCCCCCCC. The molecule has 0 heterocycles. The van der Waals surface area contributed by atoms with Gasteiger partial charge in [-0.1, -0.05) is 172 Å². The maximum absolute atomic E-state index is 12.7. The van der Waals surface area contributed by atoms with Crippen molar-refractivity contribution in [2.24, 2.45) is 0 Å². The summed E-state index contributed by atoms with van der Waals surface area (Å²) in [7, 11) is 5.40. The van der Waals surface area contributed by atoms with E-state index in [0.29, 0.717) is 12.8 Å². The molecule has 8 nitrogen and oxygen atoms in total. The van der Waals surface area contributed by atoms with Gasteiger partial charge in [0.15, 0.2) is 6.10 Å². The lowest BCUT2D eigenvalue weighted by atomic mass is 10.0. The highest BCUT2D eigenvalue weighted by atomic mass is 16.6. The van der Waals surface area contributed by atoms with Crippen LogP contribution in [0.1, 0.15) is 200 Å². The van der Waals surface area contributed by atoms with E-state index >= 15 is 0 Å². The Morgan fingerprint density at radius 1 is 0.554 bits per heavy atom. The first-order chi connectivity index (χ1) is 27.1. The first-order valence-electron chi connectivity index (χ1n) is 23.0. The van der Waals surface area contributed by atoms with Gasteiger partial charge in [-0.15, -0.1) is 0 Å². The highest BCUT2D eigenvalue weighted by molar-refractivity contribution is 5.70. The molecule has 0 radical (unpaired) electrons. The van der Waals surface area contributed by atoms with Crippen LogP contribution in [0.15, 0.2) is 36.5 Å². The molecule has 0 saturated carbocycles. The lowest BCUT2D eigenvalue weighted by Gasteiger charge is -2.34. The van der Waals surface area contributed by atoms with Crippen LogP contribution in [-0.4, -0.2) is 75.5 Å². The molecule has 0 aliphatic carbocycles. The van der Waals surface area contributed by atoms with Gasteiger partial charge in [-0.3, -0.25) is 9.59 Å². The number of carbonyl (C=O) groups is 3. The number of carbonyl (C=O) groups excluding carboxylic acids is 3. The molecule has 8 heteroatoms. The zero-order chi connectivity index (χ0) is 41.4. The Labute approximate surface area is 344 Å². The maximum Gasteiger partial charge on any atom is 0.306 e. The number of hydrogen-bond acceptors (Lipinski definition) is 7. The number of hydrogen-bond donors (Lipinski definition) is 0. The van der Waals surface area contributed by atoms with Crippen LogP contribution >= 0.6 is 0 Å². The summed E-state index contributed by atoms with van der Waals surface area (Å²) < 4.78 is 17.2. The van der Waals surface area contributed by atoms with Gasteiger partial charge in [-0.05, 0) is 44.9 Å². The van der Waals surface area contributed by atoms with Crippen LogP contribution < -0.4 is 5.11 Å². The van der Waals surface area contributed by atoms with Gasteiger partial charge in [0.25, 0.3) is 0 Å². The molecule has 0 saturated heterocycles. The molecule has 326 valence electrons. The number of allylic oxidation sites excluding steroid dienone is 6. The number of carboxylic acids is 1. The summed E-state index contributed by atoms with van der Waals surface area (Å²) in [4.78, 5) is 36.9. The van der Waals surface area contributed by atoms with Crippen molar-refractivity contribution in [3.8, 4) is 0 Å². The van der Waals surface area contributed by atoms with E-state index in [4.69, 9.17) is 14.2 Å². The quantitative estimate of drug-likeness (QED) is 0.0263. The first-order valence-corrected chi connectivity index (χ1v) is 23.0. The van der Waals surface area contributed by atoms with Crippen LogP contribution in [0.4, 0.5) is 0 Å². The molecule has 0 aliphatic heterocycles. The third-order valence-electron chi connectivity index (χ3n) is 10.3. The number of rotatable bonds is 41. The summed E-state index contributed by atoms with van der Waals surface area (Å²) in [6.45, 7) is 4.55. The summed E-state index contributed by atoms with van der Waals surface area (Å²) in [5.74, 6) is -1.75. The molecular weight excluding hydrogens is 703 g/mol. The van der Waals surface area contributed by atoms with E-state index in [2.05, 4.69) is 50.3 Å². The zero-order valence-electron chi connectivity index (χ0n) is 37.1. The number of quaternary nitrogens is 1. The monoisotopic (exact) mass is 790 g/mol. The molecule has 2 atom stereocenters. The normalized spacial score (nSPS) is 13.2. The van der Waals surface area contributed by atoms with E-state index < -0.39 is 18.1 Å². The van der Waals surface area contributed by atoms with E-state index in [0.717, 1.165) is 77.0 Å². The van der Waals surface area contributed by atoms with Gasteiger partial charge in [0, 0.05) is 19.3 Å². The van der Waals surface area contributed by atoms with Crippen molar-refractivity contribution in [2.45, 2.75) is 212 Å². The largest absolute Gasteiger partial charge is 0.544 e. The number of carboxylic acid groups (broad SMARTS) is 1. The summed E-state index contributed by atoms with van der Waals surface area (Å²) in [6.07, 6.45) is 44.5. The second-order valence-corrected chi connectivity index (χ2v) is 16.6. The molecule has 0 aromatic carbocycles. The molecule has 0 aromatic heterocycles. The van der Waals surface area contributed by atoms with Crippen molar-refractivity contribution < 1.29 is 38.2 Å². The first kappa shape index (κ1) is 53.6.